The van der Waals surface area contributed by atoms with Crippen molar-refractivity contribution >= 4 is 17.6 Å². The molecule has 0 atom stereocenters. The Balaban J connectivity index is 1.99. The molecule has 0 bridgehead atoms. The third-order valence-corrected chi connectivity index (χ3v) is 3.71. The number of carboxylic acids is 1. The highest BCUT2D eigenvalue weighted by Crippen LogP contribution is 2.41. The molecule has 1 heterocycles. The summed E-state index contributed by atoms with van der Waals surface area (Å²) in [7, 11) is 0. The van der Waals surface area contributed by atoms with Crippen molar-refractivity contribution in [1.82, 2.24) is 15.0 Å². The maximum absolute atomic E-state index is 13.4. The van der Waals surface area contributed by atoms with Gasteiger partial charge in [0.15, 0.2) is 5.69 Å². The Kier molecular flexibility index (Phi) is 3.17. The maximum atomic E-state index is 13.4. The number of rotatable bonds is 4. The molecule has 20 heavy (non-hydrogen) atoms. The second-order valence-corrected chi connectivity index (χ2v) is 5.15. The molecule has 0 radical (unpaired) electrons. The first-order valence-electron chi connectivity index (χ1n) is 6.17. The van der Waals surface area contributed by atoms with Crippen LogP contribution in [0.15, 0.2) is 18.2 Å². The first-order valence-corrected chi connectivity index (χ1v) is 6.55. The zero-order valence-corrected chi connectivity index (χ0v) is 11.1. The highest BCUT2D eigenvalue weighted by molar-refractivity contribution is 6.31. The molecule has 1 saturated carbocycles. The van der Waals surface area contributed by atoms with E-state index in [-0.39, 0.29) is 23.2 Å². The van der Waals surface area contributed by atoms with Crippen LogP contribution in [0.5, 0.6) is 0 Å². The third kappa shape index (κ3) is 2.27. The van der Waals surface area contributed by atoms with Gasteiger partial charge in [0, 0.05) is 5.92 Å². The predicted molar refractivity (Wildman–Crippen MR) is 69.5 cm³/mol. The van der Waals surface area contributed by atoms with Gasteiger partial charge in [-0.05, 0) is 24.5 Å². The zero-order valence-electron chi connectivity index (χ0n) is 10.4. The first-order chi connectivity index (χ1) is 9.58. The molecule has 0 amide bonds. The largest absolute Gasteiger partial charge is 0.476 e. The summed E-state index contributed by atoms with van der Waals surface area (Å²) in [4.78, 5) is 11.1. The smallest absolute Gasteiger partial charge is 0.358 e. The monoisotopic (exact) mass is 295 g/mol. The lowest BCUT2D eigenvalue weighted by molar-refractivity contribution is 0.0689. The Morgan fingerprint density at radius 3 is 2.90 bits per heavy atom. The van der Waals surface area contributed by atoms with E-state index in [1.54, 1.807) is 12.1 Å². The summed E-state index contributed by atoms with van der Waals surface area (Å²) in [5.41, 5.74) is 1.12. The van der Waals surface area contributed by atoms with Gasteiger partial charge in [0.05, 0.1) is 17.3 Å². The highest BCUT2D eigenvalue weighted by atomic mass is 35.5. The number of hydrogen-bond acceptors (Lipinski definition) is 3. The summed E-state index contributed by atoms with van der Waals surface area (Å²) < 4.78 is 14.9. The number of halogens is 2. The number of aromatic carboxylic acids is 1. The van der Waals surface area contributed by atoms with E-state index >= 15 is 0 Å². The quantitative estimate of drug-likeness (QED) is 0.941. The Morgan fingerprint density at radius 1 is 1.50 bits per heavy atom. The second-order valence-electron chi connectivity index (χ2n) is 4.77. The van der Waals surface area contributed by atoms with Crippen LogP contribution in [-0.4, -0.2) is 26.1 Å². The van der Waals surface area contributed by atoms with Gasteiger partial charge in [-0.1, -0.05) is 28.9 Å². The zero-order chi connectivity index (χ0) is 14.3. The van der Waals surface area contributed by atoms with Crippen LogP contribution >= 0.6 is 11.6 Å². The molecule has 1 aliphatic carbocycles. The molecular formula is C13H11ClFN3O2. The van der Waals surface area contributed by atoms with Crippen LogP contribution in [0.25, 0.3) is 0 Å². The number of benzene rings is 1. The topological polar surface area (TPSA) is 68.0 Å². The van der Waals surface area contributed by atoms with Crippen LogP contribution in [0, 0.1) is 5.82 Å². The van der Waals surface area contributed by atoms with Gasteiger partial charge < -0.3 is 5.11 Å². The Labute approximate surface area is 119 Å². The molecule has 0 saturated heterocycles. The van der Waals surface area contributed by atoms with Crippen LogP contribution < -0.4 is 0 Å². The summed E-state index contributed by atoms with van der Waals surface area (Å²) >= 11 is 5.91. The van der Waals surface area contributed by atoms with Crippen molar-refractivity contribution in [3.05, 3.63) is 46.0 Å². The molecule has 5 nitrogen and oxygen atoms in total. The van der Waals surface area contributed by atoms with Gasteiger partial charge in [-0.2, -0.15) is 0 Å². The summed E-state index contributed by atoms with van der Waals surface area (Å²) in [5.74, 6) is -1.43. The molecule has 104 valence electrons. The van der Waals surface area contributed by atoms with Crippen molar-refractivity contribution < 1.29 is 14.3 Å². The fourth-order valence-electron chi connectivity index (χ4n) is 2.18. The fourth-order valence-corrected chi connectivity index (χ4v) is 2.37. The fraction of sp³-hybridized carbons (Fsp3) is 0.308. The minimum absolute atomic E-state index is 0.0278. The lowest BCUT2D eigenvalue weighted by atomic mass is 10.2. The number of carbonyl (C=O) groups is 1. The molecule has 2 aromatic rings. The van der Waals surface area contributed by atoms with E-state index < -0.39 is 11.8 Å². The normalized spacial score (nSPS) is 14.5. The Bertz CT molecular complexity index is 682. The van der Waals surface area contributed by atoms with Crippen molar-refractivity contribution in [3.63, 3.8) is 0 Å². The van der Waals surface area contributed by atoms with Crippen LogP contribution in [0.4, 0.5) is 4.39 Å². The molecule has 0 aliphatic heterocycles. The van der Waals surface area contributed by atoms with E-state index in [0.29, 0.717) is 11.3 Å². The average molecular weight is 296 g/mol. The summed E-state index contributed by atoms with van der Waals surface area (Å²) in [6, 6.07) is 4.52. The molecule has 0 spiro atoms. The van der Waals surface area contributed by atoms with Crippen LogP contribution in [0.3, 0.4) is 0 Å². The van der Waals surface area contributed by atoms with E-state index in [0.717, 1.165) is 12.8 Å². The lowest BCUT2D eigenvalue weighted by Crippen LogP contribution is -2.09. The lowest BCUT2D eigenvalue weighted by Gasteiger charge is -2.08. The number of aromatic nitrogens is 3. The molecule has 0 unspecified atom stereocenters. The molecule has 1 aliphatic rings. The second kappa shape index (κ2) is 4.86. The number of hydrogen-bond donors (Lipinski definition) is 1. The third-order valence-electron chi connectivity index (χ3n) is 3.29. The summed E-state index contributed by atoms with van der Waals surface area (Å²) in [5, 5.41) is 16.7. The van der Waals surface area contributed by atoms with Gasteiger partial charge in [0.2, 0.25) is 0 Å². The number of carboxylic acid groups (broad SMARTS) is 1. The van der Waals surface area contributed by atoms with E-state index in [1.807, 2.05) is 0 Å². The molecule has 3 rings (SSSR count). The summed E-state index contributed by atoms with van der Waals surface area (Å²) in [6.45, 7) is 0.211. The molecule has 1 N–H and O–H groups in total. The maximum Gasteiger partial charge on any atom is 0.358 e. The van der Waals surface area contributed by atoms with Crippen molar-refractivity contribution in [2.75, 3.05) is 0 Å². The van der Waals surface area contributed by atoms with Gasteiger partial charge in [-0.25, -0.2) is 13.9 Å². The van der Waals surface area contributed by atoms with E-state index in [1.165, 1.54) is 10.7 Å². The van der Waals surface area contributed by atoms with Gasteiger partial charge in [-0.15, -0.1) is 5.10 Å². The molecular weight excluding hydrogens is 285 g/mol. The van der Waals surface area contributed by atoms with E-state index in [9.17, 15) is 9.18 Å². The van der Waals surface area contributed by atoms with Gasteiger partial charge in [0.1, 0.15) is 5.82 Å². The van der Waals surface area contributed by atoms with Crippen LogP contribution in [-0.2, 0) is 6.54 Å². The SMILES string of the molecule is O=C(O)c1nnn(Cc2cccc(F)c2Cl)c1C1CC1. The van der Waals surface area contributed by atoms with Crippen molar-refractivity contribution in [1.29, 1.82) is 0 Å². The van der Waals surface area contributed by atoms with Crippen molar-refractivity contribution in [2.24, 2.45) is 0 Å². The molecule has 1 fully saturated rings. The van der Waals surface area contributed by atoms with E-state index in [2.05, 4.69) is 10.3 Å². The minimum atomic E-state index is -1.09. The molecule has 7 heteroatoms. The Hall–Kier alpha value is -1.95. The summed E-state index contributed by atoms with van der Waals surface area (Å²) in [6.07, 6.45) is 1.84. The van der Waals surface area contributed by atoms with Gasteiger partial charge in [-0.3, -0.25) is 0 Å². The van der Waals surface area contributed by atoms with Crippen LogP contribution in [0.2, 0.25) is 5.02 Å². The predicted octanol–water partition coefficient (Wildman–Crippen LogP) is 2.69. The van der Waals surface area contributed by atoms with Crippen molar-refractivity contribution in [3.8, 4) is 0 Å². The number of nitrogens with zero attached hydrogens (tertiary/aromatic N) is 3. The van der Waals surface area contributed by atoms with Crippen LogP contribution in [0.1, 0.15) is 40.5 Å². The van der Waals surface area contributed by atoms with Gasteiger partial charge in [0.25, 0.3) is 0 Å². The standard InChI is InChI=1S/C13H11ClFN3O2/c14-10-8(2-1-3-9(10)15)6-18-12(7-4-5-7)11(13(19)20)16-17-18/h1-3,7H,4-6H2,(H,19,20). The first kappa shape index (κ1) is 13.1. The molecule has 1 aromatic carbocycles. The van der Waals surface area contributed by atoms with Crippen molar-refractivity contribution in [2.45, 2.75) is 25.3 Å². The average Bonchev–Trinajstić information content (AvgIpc) is 3.16. The Morgan fingerprint density at radius 2 is 2.25 bits per heavy atom. The minimum Gasteiger partial charge on any atom is -0.476 e. The molecule has 1 aromatic heterocycles. The highest BCUT2D eigenvalue weighted by Gasteiger charge is 2.33. The van der Waals surface area contributed by atoms with E-state index in [4.69, 9.17) is 16.7 Å². The van der Waals surface area contributed by atoms with Gasteiger partial charge >= 0.3 is 5.97 Å².